The molecule has 8 heteroatoms. The molecule has 0 aliphatic heterocycles. The number of hydrogen-bond donors (Lipinski definition) is 1. The average Bonchev–Trinajstić information content (AvgIpc) is 2.85. The molecule has 1 amide bonds. The van der Waals surface area contributed by atoms with Gasteiger partial charge in [-0.3, -0.25) is 9.48 Å². The van der Waals surface area contributed by atoms with Crippen LogP contribution in [0.4, 0.5) is 18.9 Å². The smallest absolute Gasteiger partial charge is 0.324 e. The first kappa shape index (κ1) is 17.3. The Labute approximate surface area is 136 Å². The van der Waals surface area contributed by atoms with Crippen molar-refractivity contribution in [3.8, 4) is 0 Å². The molecule has 124 valence electrons. The quantitative estimate of drug-likeness (QED) is 0.897. The third-order valence-electron chi connectivity index (χ3n) is 3.48. The van der Waals surface area contributed by atoms with Crippen LogP contribution < -0.4 is 5.32 Å². The molecule has 2 rings (SSSR count). The summed E-state index contributed by atoms with van der Waals surface area (Å²) in [5.41, 5.74) is 0.425. The highest BCUT2D eigenvalue weighted by Gasteiger charge is 2.35. The van der Waals surface area contributed by atoms with Crippen molar-refractivity contribution in [3.63, 3.8) is 0 Å². The Bertz CT molecular complexity index is 740. The van der Waals surface area contributed by atoms with E-state index in [-0.39, 0.29) is 5.69 Å². The third kappa shape index (κ3) is 3.67. The van der Waals surface area contributed by atoms with Gasteiger partial charge in [0.25, 0.3) is 0 Å². The van der Waals surface area contributed by atoms with Crippen LogP contribution in [0.15, 0.2) is 24.3 Å². The van der Waals surface area contributed by atoms with Crippen LogP contribution in [-0.2, 0) is 11.0 Å². The fraction of sp³-hybridized carbons (Fsp3) is 0.333. The van der Waals surface area contributed by atoms with Crippen molar-refractivity contribution in [1.29, 1.82) is 0 Å². The second-order valence-electron chi connectivity index (χ2n) is 5.19. The van der Waals surface area contributed by atoms with E-state index in [2.05, 4.69) is 10.4 Å². The number of alkyl halides is 3. The molecular weight excluding hydrogens is 331 g/mol. The Hall–Kier alpha value is -2.02. The second-order valence-corrected chi connectivity index (χ2v) is 5.60. The van der Waals surface area contributed by atoms with Crippen molar-refractivity contribution >= 4 is 23.2 Å². The first-order chi connectivity index (χ1) is 10.6. The zero-order valence-electron chi connectivity index (χ0n) is 12.7. The van der Waals surface area contributed by atoms with Gasteiger partial charge in [-0.05, 0) is 44.5 Å². The van der Waals surface area contributed by atoms with Crippen molar-refractivity contribution in [2.24, 2.45) is 0 Å². The standard InChI is InChI=1S/C15H15ClF3N3O/c1-8-7-13(15(17,18)19)21-22(8)10(3)14(23)20-12-6-4-5-11(16)9(12)2/h4-7,10H,1-3H3,(H,20,23). The van der Waals surface area contributed by atoms with Crippen molar-refractivity contribution in [2.45, 2.75) is 33.0 Å². The van der Waals surface area contributed by atoms with Crippen LogP contribution in [0.1, 0.15) is 29.9 Å². The van der Waals surface area contributed by atoms with Crippen LogP contribution in [0, 0.1) is 13.8 Å². The molecule has 0 radical (unpaired) electrons. The zero-order chi connectivity index (χ0) is 17.4. The Kier molecular flexibility index (Phi) is 4.70. The number of aromatic nitrogens is 2. The molecule has 0 fully saturated rings. The number of nitrogens with one attached hydrogen (secondary N) is 1. The Balaban J connectivity index is 2.23. The predicted molar refractivity (Wildman–Crippen MR) is 81.5 cm³/mol. The molecule has 1 N–H and O–H groups in total. The number of hydrogen-bond acceptors (Lipinski definition) is 2. The highest BCUT2D eigenvalue weighted by atomic mass is 35.5. The van der Waals surface area contributed by atoms with Gasteiger partial charge in [0.1, 0.15) is 6.04 Å². The summed E-state index contributed by atoms with van der Waals surface area (Å²) in [4.78, 5) is 12.3. The molecule has 1 heterocycles. The fourth-order valence-corrected chi connectivity index (χ4v) is 2.28. The number of anilines is 1. The summed E-state index contributed by atoms with van der Waals surface area (Å²) in [7, 11) is 0. The summed E-state index contributed by atoms with van der Waals surface area (Å²) in [6, 6.07) is 5.04. The van der Waals surface area contributed by atoms with Gasteiger partial charge in [0.05, 0.1) is 0 Å². The lowest BCUT2D eigenvalue weighted by molar-refractivity contribution is -0.141. The molecule has 0 bridgehead atoms. The normalized spacial score (nSPS) is 13.0. The van der Waals surface area contributed by atoms with Crippen molar-refractivity contribution < 1.29 is 18.0 Å². The van der Waals surface area contributed by atoms with E-state index in [0.717, 1.165) is 10.7 Å². The predicted octanol–water partition coefficient (Wildman–Crippen LogP) is 4.37. The minimum atomic E-state index is -4.55. The first-order valence-electron chi connectivity index (χ1n) is 6.80. The molecule has 0 saturated heterocycles. The van der Waals surface area contributed by atoms with E-state index in [4.69, 9.17) is 11.6 Å². The van der Waals surface area contributed by atoms with Gasteiger partial charge in [0.15, 0.2) is 5.69 Å². The van der Waals surface area contributed by atoms with Crippen LogP contribution in [0.3, 0.4) is 0 Å². The molecule has 1 atom stereocenters. The van der Waals surface area contributed by atoms with Crippen LogP contribution in [0.2, 0.25) is 5.02 Å². The van der Waals surface area contributed by atoms with E-state index in [1.807, 2.05) is 0 Å². The van der Waals surface area contributed by atoms with Crippen LogP contribution >= 0.6 is 11.6 Å². The summed E-state index contributed by atoms with van der Waals surface area (Å²) < 4.78 is 39.2. The number of carbonyl (C=O) groups excluding carboxylic acids is 1. The molecule has 0 aliphatic rings. The molecule has 4 nitrogen and oxygen atoms in total. The number of halogens is 4. The van der Waals surface area contributed by atoms with Crippen molar-refractivity contribution in [1.82, 2.24) is 9.78 Å². The zero-order valence-corrected chi connectivity index (χ0v) is 13.5. The molecule has 0 aliphatic carbocycles. The van der Waals surface area contributed by atoms with Crippen molar-refractivity contribution in [2.75, 3.05) is 5.32 Å². The van der Waals surface area contributed by atoms with Gasteiger partial charge < -0.3 is 5.32 Å². The van der Waals surface area contributed by atoms with Gasteiger partial charge in [-0.15, -0.1) is 0 Å². The highest BCUT2D eigenvalue weighted by molar-refractivity contribution is 6.31. The molecule has 1 aromatic carbocycles. The van der Waals surface area contributed by atoms with E-state index in [1.165, 1.54) is 13.8 Å². The minimum Gasteiger partial charge on any atom is -0.324 e. The number of nitrogens with zero attached hydrogens (tertiary/aromatic N) is 2. The van der Waals surface area contributed by atoms with Gasteiger partial charge >= 0.3 is 6.18 Å². The maximum atomic E-state index is 12.7. The number of amides is 1. The van der Waals surface area contributed by atoms with E-state index in [0.29, 0.717) is 16.3 Å². The maximum absolute atomic E-state index is 12.7. The number of rotatable bonds is 3. The fourth-order valence-electron chi connectivity index (χ4n) is 2.11. The topological polar surface area (TPSA) is 46.9 Å². The summed E-state index contributed by atoms with van der Waals surface area (Å²) in [6.07, 6.45) is -4.55. The average molecular weight is 346 g/mol. The van der Waals surface area contributed by atoms with Gasteiger partial charge in [-0.25, -0.2) is 0 Å². The van der Waals surface area contributed by atoms with Gasteiger partial charge in [-0.2, -0.15) is 18.3 Å². The highest BCUT2D eigenvalue weighted by Crippen LogP contribution is 2.29. The number of carbonyl (C=O) groups is 1. The lowest BCUT2D eigenvalue weighted by atomic mass is 10.2. The molecule has 0 saturated carbocycles. The summed E-state index contributed by atoms with van der Waals surface area (Å²) in [5, 5.41) is 6.64. The van der Waals surface area contributed by atoms with Crippen LogP contribution in [0.5, 0.6) is 0 Å². The molecule has 1 aromatic heterocycles. The van der Waals surface area contributed by atoms with E-state index < -0.39 is 23.8 Å². The van der Waals surface area contributed by atoms with Gasteiger partial charge in [0, 0.05) is 16.4 Å². The Morgan fingerprint density at radius 3 is 2.57 bits per heavy atom. The molecule has 1 unspecified atom stereocenters. The molecule has 23 heavy (non-hydrogen) atoms. The molecule has 2 aromatic rings. The summed E-state index contributed by atoms with van der Waals surface area (Å²) in [6.45, 7) is 4.69. The van der Waals surface area contributed by atoms with E-state index >= 15 is 0 Å². The largest absolute Gasteiger partial charge is 0.435 e. The SMILES string of the molecule is Cc1c(Cl)cccc1NC(=O)C(C)n1nc(C(F)(F)F)cc1C. The number of benzene rings is 1. The third-order valence-corrected chi connectivity index (χ3v) is 3.89. The van der Waals surface area contributed by atoms with E-state index in [9.17, 15) is 18.0 Å². The number of aryl methyl sites for hydroxylation is 1. The minimum absolute atomic E-state index is 0.253. The van der Waals surface area contributed by atoms with Crippen LogP contribution in [0.25, 0.3) is 0 Å². The first-order valence-corrected chi connectivity index (χ1v) is 7.18. The van der Waals surface area contributed by atoms with E-state index in [1.54, 1.807) is 25.1 Å². The Morgan fingerprint density at radius 1 is 1.35 bits per heavy atom. The Morgan fingerprint density at radius 2 is 2.00 bits per heavy atom. The molecule has 0 spiro atoms. The van der Waals surface area contributed by atoms with Gasteiger partial charge in [0.2, 0.25) is 5.91 Å². The summed E-state index contributed by atoms with van der Waals surface area (Å²) >= 11 is 5.98. The maximum Gasteiger partial charge on any atom is 0.435 e. The van der Waals surface area contributed by atoms with Gasteiger partial charge in [-0.1, -0.05) is 17.7 Å². The monoisotopic (exact) mass is 345 g/mol. The molecular formula is C15H15ClF3N3O. The summed E-state index contributed by atoms with van der Waals surface area (Å²) in [5.74, 6) is -0.477. The van der Waals surface area contributed by atoms with Crippen molar-refractivity contribution in [3.05, 3.63) is 46.2 Å². The lowest BCUT2D eigenvalue weighted by Gasteiger charge is -2.16. The lowest BCUT2D eigenvalue weighted by Crippen LogP contribution is -2.26. The second kappa shape index (κ2) is 6.23. The van der Waals surface area contributed by atoms with Crippen LogP contribution in [-0.4, -0.2) is 15.7 Å².